The summed E-state index contributed by atoms with van der Waals surface area (Å²) in [5.74, 6) is -5.64. The Morgan fingerprint density at radius 3 is 2.00 bits per heavy atom. The Labute approximate surface area is 138 Å². The largest absolute Gasteiger partial charge is 0.357 e. The topological polar surface area (TPSA) is 80.2 Å². The lowest BCUT2D eigenvalue weighted by Gasteiger charge is -2.45. The van der Waals surface area contributed by atoms with Gasteiger partial charge in [-0.1, -0.05) is 0 Å². The van der Waals surface area contributed by atoms with Gasteiger partial charge < -0.3 is 15.2 Å². The second-order valence-electron chi connectivity index (χ2n) is 6.38. The molecule has 1 heterocycles. The maximum Gasteiger partial charge on any atom is 0.293 e. The SMILES string of the molecule is CNC(=O)C1(NC(=O)C(=O)c2c(C)c(C)n(C)c2C)CC(F)(F)C1. The molecule has 0 radical (unpaired) electrons. The molecule has 1 fully saturated rings. The fourth-order valence-corrected chi connectivity index (χ4v) is 3.22. The summed E-state index contributed by atoms with van der Waals surface area (Å²) in [6.07, 6.45) is -1.63. The number of carbonyl (C=O) groups is 3. The number of halogens is 2. The zero-order valence-corrected chi connectivity index (χ0v) is 14.3. The number of nitrogens with one attached hydrogen (secondary N) is 2. The van der Waals surface area contributed by atoms with Crippen molar-refractivity contribution in [3.05, 3.63) is 22.5 Å². The third kappa shape index (κ3) is 2.70. The van der Waals surface area contributed by atoms with Crippen LogP contribution in [0.3, 0.4) is 0 Å². The summed E-state index contributed by atoms with van der Waals surface area (Å²) in [7, 11) is 3.06. The standard InChI is InChI=1S/C16H21F2N3O3/c1-8-9(2)21(5)10(3)11(8)12(22)13(23)20-15(14(24)19-4)6-16(17,18)7-15/h6-7H2,1-5H3,(H,19,24)(H,20,23). The molecule has 0 spiro atoms. The fourth-order valence-electron chi connectivity index (χ4n) is 3.22. The van der Waals surface area contributed by atoms with Gasteiger partial charge in [-0.05, 0) is 26.3 Å². The van der Waals surface area contributed by atoms with Crippen molar-refractivity contribution >= 4 is 17.6 Å². The van der Waals surface area contributed by atoms with E-state index in [4.69, 9.17) is 0 Å². The van der Waals surface area contributed by atoms with E-state index in [1.54, 1.807) is 25.5 Å². The normalized spacial score (nSPS) is 17.8. The van der Waals surface area contributed by atoms with Crippen LogP contribution in [0.4, 0.5) is 8.78 Å². The van der Waals surface area contributed by atoms with Gasteiger partial charge in [0.1, 0.15) is 5.54 Å². The molecule has 2 N–H and O–H groups in total. The van der Waals surface area contributed by atoms with Crippen molar-refractivity contribution in [2.24, 2.45) is 7.05 Å². The number of hydrogen-bond acceptors (Lipinski definition) is 3. The second-order valence-corrected chi connectivity index (χ2v) is 6.38. The number of amides is 2. The van der Waals surface area contributed by atoms with Crippen LogP contribution in [0, 0.1) is 20.8 Å². The molecule has 24 heavy (non-hydrogen) atoms. The molecule has 1 saturated carbocycles. The van der Waals surface area contributed by atoms with Gasteiger partial charge in [0.2, 0.25) is 5.91 Å². The highest BCUT2D eigenvalue weighted by Gasteiger charge is 2.61. The first-order valence-electron chi connectivity index (χ1n) is 7.55. The van der Waals surface area contributed by atoms with Crippen molar-refractivity contribution in [1.82, 2.24) is 15.2 Å². The number of nitrogens with zero attached hydrogens (tertiary/aromatic N) is 1. The number of Topliss-reactive ketones (excluding diaryl/α,β-unsaturated/α-hetero) is 1. The molecular weight excluding hydrogens is 320 g/mol. The van der Waals surface area contributed by atoms with Gasteiger partial charge in [0.15, 0.2) is 0 Å². The van der Waals surface area contributed by atoms with E-state index < -0.39 is 41.9 Å². The van der Waals surface area contributed by atoms with E-state index >= 15 is 0 Å². The smallest absolute Gasteiger partial charge is 0.293 e. The minimum absolute atomic E-state index is 0.241. The Morgan fingerprint density at radius 2 is 1.62 bits per heavy atom. The van der Waals surface area contributed by atoms with Gasteiger partial charge in [-0.3, -0.25) is 14.4 Å². The maximum absolute atomic E-state index is 13.3. The van der Waals surface area contributed by atoms with Crippen molar-refractivity contribution in [2.45, 2.75) is 45.1 Å². The third-order valence-electron chi connectivity index (χ3n) is 4.85. The fraction of sp³-hybridized carbons (Fsp3) is 0.562. The number of hydrogen-bond donors (Lipinski definition) is 2. The highest BCUT2D eigenvalue weighted by atomic mass is 19.3. The van der Waals surface area contributed by atoms with E-state index in [-0.39, 0.29) is 5.56 Å². The monoisotopic (exact) mass is 341 g/mol. The summed E-state index contributed by atoms with van der Waals surface area (Å²) < 4.78 is 28.3. The molecule has 132 valence electrons. The number of rotatable bonds is 4. The molecule has 6 nitrogen and oxygen atoms in total. The summed E-state index contributed by atoms with van der Waals surface area (Å²) in [5, 5.41) is 4.49. The number of carbonyl (C=O) groups excluding carboxylic acids is 3. The summed E-state index contributed by atoms with van der Waals surface area (Å²) in [6.45, 7) is 5.23. The van der Waals surface area contributed by atoms with Crippen LogP contribution < -0.4 is 10.6 Å². The van der Waals surface area contributed by atoms with Gasteiger partial charge in [-0.15, -0.1) is 0 Å². The maximum atomic E-state index is 13.3. The van der Waals surface area contributed by atoms with Crippen LogP contribution in [0.2, 0.25) is 0 Å². The summed E-state index contributed by atoms with van der Waals surface area (Å²) >= 11 is 0. The van der Waals surface area contributed by atoms with Crippen molar-refractivity contribution in [3.63, 3.8) is 0 Å². The lowest BCUT2D eigenvalue weighted by Crippen LogP contribution is -2.69. The Morgan fingerprint density at radius 1 is 1.08 bits per heavy atom. The van der Waals surface area contributed by atoms with Crippen molar-refractivity contribution < 1.29 is 23.2 Å². The molecule has 1 aliphatic rings. The van der Waals surface area contributed by atoms with Crippen LogP contribution >= 0.6 is 0 Å². The van der Waals surface area contributed by atoms with Gasteiger partial charge in [0.05, 0.1) is 5.56 Å². The van der Waals surface area contributed by atoms with Crippen LogP contribution in [0.25, 0.3) is 0 Å². The molecule has 1 aromatic heterocycles. The molecule has 1 aliphatic carbocycles. The predicted molar refractivity (Wildman–Crippen MR) is 83.1 cm³/mol. The predicted octanol–water partition coefficient (Wildman–Crippen LogP) is 1.16. The molecular formula is C16H21F2N3O3. The van der Waals surface area contributed by atoms with Crippen LogP contribution in [-0.4, -0.2) is 40.7 Å². The molecule has 2 rings (SSSR count). The van der Waals surface area contributed by atoms with E-state index in [1.807, 2.05) is 6.92 Å². The number of aromatic nitrogens is 1. The zero-order valence-electron chi connectivity index (χ0n) is 14.3. The van der Waals surface area contributed by atoms with Crippen LogP contribution in [0.5, 0.6) is 0 Å². The molecule has 0 unspecified atom stereocenters. The lowest BCUT2D eigenvalue weighted by molar-refractivity contribution is -0.164. The quantitative estimate of drug-likeness (QED) is 0.637. The summed E-state index contributed by atoms with van der Waals surface area (Å²) in [4.78, 5) is 36.7. The molecule has 0 bridgehead atoms. The van der Waals surface area contributed by atoms with E-state index in [9.17, 15) is 23.2 Å². The number of likely N-dealkylation sites (N-methyl/N-ethyl adjacent to an activating group) is 1. The first-order valence-corrected chi connectivity index (χ1v) is 7.55. The molecule has 1 aromatic rings. The van der Waals surface area contributed by atoms with E-state index in [1.165, 1.54) is 7.05 Å². The van der Waals surface area contributed by atoms with Gasteiger partial charge in [0.25, 0.3) is 17.6 Å². The zero-order chi connectivity index (χ0) is 18.4. The average molecular weight is 341 g/mol. The van der Waals surface area contributed by atoms with Crippen LogP contribution in [0.15, 0.2) is 0 Å². The van der Waals surface area contributed by atoms with E-state index in [0.29, 0.717) is 11.3 Å². The first kappa shape index (κ1) is 18.1. The van der Waals surface area contributed by atoms with Crippen molar-refractivity contribution in [1.29, 1.82) is 0 Å². The molecule has 0 atom stereocenters. The molecule has 8 heteroatoms. The van der Waals surface area contributed by atoms with Crippen LogP contribution in [-0.2, 0) is 16.6 Å². The first-order chi connectivity index (χ1) is 11.0. The minimum Gasteiger partial charge on any atom is -0.357 e. The molecule has 0 aromatic carbocycles. The second kappa shape index (κ2) is 5.68. The van der Waals surface area contributed by atoms with E-state index in [0.717, 1.165) is 5.69 Å². The third-order valence-corrected chi connectivity index (χ3v) is 4.85. The van der Waals surface area contributed by atoms with Crippen molar-refractivity contribution in [3.8, 4) is 0 Å². The van der Waals surface area contributed by atoms with E-state index in [2.05, 4.69) is 10.6 Å². The Balaban J connectivity index is 2.28. The number of alkyl halides is 2. The highest BCUT2D eigenvalue weighted by Crippen LogP contribution is 2.45. The van der Waals surface area contributed by atoms with Gasteiger partial charge in [-0.2, -0.15) is 0 Å². The summed E-state index contributed by atoms with van der Waals surface area (Å²) in [5.41, 5.74) is 0.600. The minimum atomic E-state index is -3.03. The average Bonchev–Trinajstić information content (AvgIpc) is 2.67. The van der Waals surface area contributed by atoms with Gasteiger partial charge in [0, 0.05) is 38.3 Å². The molecule has 0 aliphatic heterocycles. The van der Waals surface area contributed by atoms with Crippen LogP contribution in [0.1, 0.15) is 40.2 Å². The molecule has 2 amide bonds. The van der Waals surface area contributed by atoms with Gasteiger partial charge >= 0.3 is 0 Å². The molecule has 0 saturated heterocycles. The highest BCUT2D eigenvalue weighted by molar-refractivity contribution is 6.44. The Hall–Kier alpha value is -2.25. The lowest BCUT2D eigenvalue weighted by atomic mass is 9.72. The van der Waals surface area contributed by atoms with Gasteiger partial charge in [-0.25, -0.2) is 8.78 Å². The Bertz CT molecular complexity index is 704. The Kier molecular flexibility index (Phi) is 4.28. The number of ketones is 1. The van der Waals surface area contributed by atoms with Crippen molar-refractivity contribution in [2.75, 3.05) is 7.05 Å². The summed E-state index contributed by atoms with van der Waals surface area (Å²) in [6, 6.07) is 0.